The van der Waals surface area contributed by atoms with E-state index in [1.54, 1.807) is 6.07 Å². The van der Waals surface area contributed by atoms with Gasteiger partial charge < -0.3 is 20.0 Å². The predicted molar refractivity (Wildman–Crippen MR) is 120 cm³/mol. The average Bonchev–Trinajstić information content (AvgIpc) is 3.24. The number of amides is 1. The van der Waals surface area contributed by atoms with Crippen molar-refractivity contribution in [2.75, 3.05) is 19.6 Å². The third-order valence-electron chi connectivity index (χ3n) is 4.91. The molecule has 1 atom stereocenters. The molecule has 154 valence electrons. The van der Waals surface area contributed by atoms with Crippen molar-refractivity contribution in [3.8, 4) is 0 Å². The number of nitrogens with one attached hydrogen (secondary N) is 2. The molecule has 2 N–H and O–H groups in total. The van der Waals surface area contributed by atoms with Crippen molar-refractivity contribution in [3.05, 3.63) is 35.3 Å². The summed E-state index contributed by atoms with van der Waals surface area (Å²) in [5.74, 6) is 1.33. The first-order valence-electron chi connectivity index (χ1n) is 9.52. The van der Waals surface area contributed by atoms with Gasteiger partial charge in [0.25, 0.3) is 0 Å². The van der Waals surface area contributed by atoms with Gasteiger partial charge in [-0.1, -0.05) is 6.92 Å². The van der Waals surface area contributed by atoms with E-state index in [-0.39, 0.29) is 41.7 Å². The first-order chi connectivity index (χ1) is 13.0. The first kappa shape index (κ1) is 22.4. The van der Waals surface area contributed by atoms with Gasteiger partial charge in [-0.15, -0.1) is 24.0 Å². The molecule has 0 radical (unpaired) electrons. The van der Waals surface area contributed by atoms with E-state index in [2.05, 4.69) is 15.6 Å². The van der Waals surface area contributed by atoms with E-state index in [4.69, 9.17) is 4.42 Å². The Morgan fingerprint density at radius 3 is 2.89 bits per heavy atom. The molecule has 8 heteroatoms. The summed E-state index contributed by atoms with van der Waals surface area (Å²) in [5, 5.41) is 7.42. The third kappa shape index (κ3) is 5.15. The lowest BCUT2D eigenvalue weighted by Gasteiger charge is -2.18. The van der Waals surface area contributed by atoms with Crippen molar-refractivity contribution in [2.24, 2.45) is 4.99 Å². The van der Waals surface area contributed by atoms with E-state index in [9.17, 15) is 9.18 Å². The van der Waals surface area contributed by atoms with Gasteiger partial charge in [0, 0.05) is 43.0 Å². The second kappa shape index (κ2) is 10.1. The van der Waals surface area contributed by atoms with Crippen LogP contribution < -0.4 is 10.6 Å². The van der Waals surface area contributed by atoms with E-state index in [1.165, 1.54) is 12.1 Å². The number of carbonyl (C=O) groups excluding carboxylic acids is 1. The third-order valence-corrected chi connectivity index (χ3v) is 4.91. The molecule has 3 rings (SSSR count). The van der Waals surface area contributed by atoms with E-state index in [0.717, 1.165) is 36.2 Å². The summed E-state index contributed by atoms with van der Waals surface area (Å²) in [4.78, 5) is 18.3. The molecule has 2 heterocycles. The molecule has 1 aromatic heterocycles. The van der Waals surface area contributed by atoms with E-state index in [0.29, 0.717) is 31.1 Å². The summed E-state index contributed by atoms with van der Waals surface area (Å²) < 4.78 is 19.3. The summed E-state index contributed by atoms with van der Waals surface area (Å²) in [7, 11) is 0. The van der Waals surface area contributed by atoms with Gasteiger partial charge in [0.05, 0.1) is 0 Å². The zero-order chi connectivity index (χ0) is 19.4. The lowest BCUT2D eigenvalue weighted by Crippen LogP contribution is -2.45. The molecule has 0 saturated carbocycles. The van der Waals surface area contributed by atoms with Crippen LogP contribution in [-0.4, -0.2) is 42.4 Å². The highest BCUT2D eigenvalue weighted by Gasteiger charge is 2.25. The number of aliphatic imine (C=N–C) groups is 1. The highest BCUT2D eigenvalue weighted by atomic mass is 127. The fourth-order valence-corrected chi connectivity index (χ4v) is 3.39. The lowest BCUT2D eigenvalue weighted by atomic mass is 10.1. The number of carbonyl (C=O) groups is 1. The number of rotatable bonds is 5. The standard InChI is InChI=1S/C20H27FN4O2.HI/c1-4-19(26)25-9-8-15(12-25)24-20(22-5-2)23-11-18-13(3)16-10-14(21)6-7-17(16)27-18;/h6-7,10,15H,4-5,8-9,11-12H2,1-3H3,(H2,22,23,24);1H. The Balaban J connectivity index is 0.00000280. The number of furan rings is 1. The van der Waals surface area contributed by atoms with Crippen molar-refractivity contribution < 1.29 is 13.6 Å². The summed E-state index contributed by atoms with van der Waals surface area (Å²) >= 11 is 0. The molecule has 0 bridgehead atoms. The highest BCUT2D eigenvalue weighted by molar-refractivity contribution is 14.0. The molecule has 1 saturated heterocycles. The van der Waals surface area contributed by atoms with E-state index < -0.39 is 0 Å². The van der Waals surface area contributed by atoms with Crippen molar-refractivity contribution >= 4 is 46.8 Å². The molecular formula is C20H28FIN4O2. The number of hydrogen-bond donors (Lipinski definition) is 2. The maximum absolute atomic E-state index is 13.5. The normalized spacial score (nSPS) is 16.9. The van der Waals surface area contributed by atoms with Crippen LogP contribution in [0, 0.1) is 12.7 Å². The van der Waals surface area contributed by atoms with Crippen LogP contribution in [0.15, 0.2) is 27.6 Å². The van der Waals surface area contributed by atoms with Gasteiger partial charge >= 0.3 is 0 Å². The quantitative estimate of drug-likeness (QED) is 0.373. The Morgan fingerprint density at radius 2 is 2.18 bits per heavy atom. The van der Waals surface area contributed by atoms with Crippen molar-refractivity contribution in [1.82, 2.24) is 15.5 Å². The van der Waals surface area contributed by atoms with Gasteiger partial charge in [-0.2, -0.15) is 0 Å². The number of hydrogen-bond acceptors (Lipinski definition) is 3. The van der Waals surface area contributed by atoms with Gasteiger partial charge in [0.2, 0.25) is 5.91 Å². The molecule has 0 spiro atoms. The predicted octanol–water partition coefficient (Wildman–Crippen LogP) is 3.56. The van der Waals surface area contributed by atoms with Gasteiger partial charge in [0.15, 0.2) is 5.96 Å². The summed E-state index contributed by atoms with van der Waals surface area (Å²) in [6.07, 6.45) is 1.44. The number of aryl methyl sites for hydroxylation is 1. The van der Waals surface area contributed by atoms with Crippen LogP contribution in [0.4, 0.5) is 4.39 Å². The van der Waals surface area contributed by atoms with Crippen LogP contribution in [0.3, 0.4) is 0 Å². The smallest absolute Gasteiger partial charge is 0.222 e. The van der Waals surface area contributed by atoms with Crippen LogP contribution >= 0.6 is 24.0 Å². The molecule has 0 aliphatic carbocycles. The lowest BCUT2D eigenvalue weighted by molar-refractivity contribution is -0.129. The first-order valence-corrected chi connectivity index (χ1v) is 9.52. The molecule has 2 aromatic rings. The number of halogens is 2. The summed E-state index contributed by atoms with van der Waals surface area (Å²) in [5.41, 5.74) is 1.58. The van der Waals surface area contributed by atoms with Crippen LogP contribution in [-0.2, 0) is 11.3 Å². The SMILES string of the molecule is CCNC(=NCc1oc2ccc(F)cc2c1C)NC1CCN(C(=O)CC)C1.I. The maximum Gasteiger partial charge on any atom is 0.222 e. The van der Waals surface area contributed by atoms with Gasteiger partial charge in [0.1, 0.15) is 23.7 Å². The number of nitrogens with zero attached hydrogens (tertiary/aromatic N) is 2. The minimum absolute atomic E-state index is 0. The highest BCUT2D eigenvalue weighted by Crippen LogP contribution is 2.26. The number of fused-ring (bicyclic) bond motifs is 1. The Hall–Kier alpha value is -1.84. The molecule has 1 aliphatic rings. The van der Waals surface area contributed by atoms with Gasteiger partial charge in [-0.3, -0.25) is 4.79 Å². The minimum Gasteiger partial charge on any atom is -0.459 e. The topological polar surface area (TPSA) is 69.9 Å². The molecule has 1 aromatic carbocycles. The maximum atomic E-state index is 13.5. The number of benzene rings is 1. The molecule has 1 fully saturated rings. The number of guanidine groups is 1. The second-order valence-corrected chi connectivity index (χ2v) is 6.81. The largest absolute Gasteiger partial charge is 0.459 e. The Kier molecular flexibility index (Phi) is 8.09. The average molecular weight is 502 g/mol. The minimum atomic E-state index is -0.274. The second-order valence-electron chi connectivity index (χ2n) is 6.81. The molecular weight excluding hydrogens is 474 g/mol. The summed E-state index contributed by atoms with van der Waals surface area (Å²) in [6.45, 7) is 8.38. The molecule has 6 nitrogen and oxygen atoms in total. The zero-order valence-corrected chi connectivity index (χ0v) is 18.9. The van der Waals surface area contributed by atoms with Gasteiger partial charge in [-0.25, -0.2) is 9.38 Å². The van der Waals surface area contributed by atoms with Crippen LogP contribution in [0.25, 0.3) is 11.0 Å². The number of likely N-dealkylation sites (tertiary alicyclic amines) is 1. The van der Waals surface area contributed by atoms with Crippen LogP contribution in [0.2, 0.25) is 0 Å². The Bertz CT molecular complexity index is 852. The molecule has 1 aliphatic heterocycles. The Morgan fingerprint density at radius 1 is 1.39 bits per heavy atom. The van der Waals surface area contributed by atoms with Crippen molar-refractivity contribution in [2.45, 2.75) is 46.2 Å². The fourth-order valence-electron chi connectivity index (χ4n) is 3.39. The molecule has 28 heavy (non-hydrogen) atoms. The fraction of sp³-hybridized carbons (Fsp3) is 0.500. The van der Waals surface area contributed by atoms with Crippen molar-refractivity contribution in [1.29, 1.82) is 0 Å². The van der Waals surface area contributed by atoms with E-state index >= 15 is 0 Å². The molecule has 1 amide bonds. The summed E-state index contributed by atoms with van der Waals surface area (Å²) in [6, 6.07) is 4.71. The Labute approximate surface area is 182 Å². The van der Waals surface area contributed by atoms with Crippen LogP contribution in [0.1, 0.15) is 38.0 Å². The molecule has 1 unspecified atom stereocenters. The zero-order valence-electron chi connectivity index (χ0n) is 16.5. The van der Waals surface area contributed by atoms with Crippen LogP contribution in [0.5, 0.6) is 0 Å². The van der Waals surface area contributed by atoms with Crippen molar-refractivity contribution in [3.63, 3.8) is 0 Å². The van der Waals surface area contributed by atoms with E-state index in [1.807, 2.05) is 25.7 Å². The van der Waals surface area contributed by atoms with Gasteiger partial charge in [-0.05, 0) is 38.5 Å². The monoisotopic (exact) mass is 502 g/mol.